The number of fused-ring (bicyclic) bond motifs is 1. The second-order valence-electron chi connectivity index (χ2n) is 4.13. The number of rotatable bonds is 3. The maximum absolute atomic E-state index is 5.50. The van der Waals surface area contributed by atoms with Gasteiger partial charge in [0, 0.05) is 6.07 Å². The van der Waals surface area contributed by atoms with Gasteiger partial charge >= 0.3 is 0 Å². The molecule has 3 aromatic rings. The van der Waals surface area contributed by atoms with Gasteiger partial charge in [-0.3, -0.25) is 0 Å². The van der Waals surface area contributed by atoms with Crippen molar-refractivity contribution in [2.45, 2.75) is 6.92 Å². The molecule has 2 N–H and O–H groups in total. The number of hydrogen-bond donors (Lipinski definition) is 1. The van der Waals surface area contributed by atoms with Crippen molar-refractivity contribution in [2.24, 2.45) is 0 Å². The molecule has 3 heteroatoms. The summed E-state index contributed by atoms with van der Waals surface area (Å²) in [6.45, 7) is 2.67. The van der Waals surface area contributed by atoms with Crippen LogP contribution in [0.5, 0.6) is 5.75 Å². The van der Waals surface area contributed by atoms with Crippen LogP contribution in [-0.2, 0) is 0 Å². The van der Waals surface area contributed by atoms with Gasteiger partial charge in [-0.15, -0.1) is 0 Å². The van der Waals surface area contributed by atoms with E-state index in [0.29, 0.717) is 6.61 Å². The third-order valence-corrected chi connectivity index (χ3v) is 2.88. The fourth-order valence-electron chi connectivity index (χ4n) is 2.04. The maximum atomic E-state index is 5.50. The lowest BCUT2D eigenvalue weighted by Crippen LogP contribution is -2.01. The van der Waals surface area contributed by atoms with Gasteiger partial charge in [0.15, 0.2) is 11.0 Å². The van der Waals surface area contributed by atoms with Crippen LogP contribution in [0.2, 0.25) is 0 Å². The summed E-state index contributed by atoms with van der Waals surface area (Å²) < 4.78 is 5.50. The minimum absolute atomic E-state index is 0.682. The normalized spacial score (nSPS) is 10.7. The smallest absolute Gasteiger partial charge is 0.285 e. The van der Waals surface area contributed by atoms with Gasteiger partial charge in [0.1, 0.15) is 5.75 Å². The molecule has 0 saturated heterocycles. The number of benzene rings is 2. The van der Waals surface area contributed by atoms with Crippen LogP contribution in [0.1, 0.15) is 6.92 Å². The van der Waals surface area contributed by atoms with Gasteiger partial charge in [-0.25, -0.2) is 9.97 Å². The molecule has 0 saturated carbocycles. The third kappa shape index (κ3) is 1.95. The second kappa shape index (κ2) is 4.53. The zero-order chi connectivity index (χ0) is 12.4. The zero-order valence-electron chi connectivity index (χ0n) is 10.2. The maximum Gasteiger partial charge on any atom is 0.285 e. The van der Waals surface area contributed by atoms with Crippen molar-refractivity contribution in [3.8, 4) is 17.1 Å². The summed E-state index contributed by atoms with van der Waals surface area (Å²) >= 11 is 0. The fraction of sp³-hybridized carbons (Fsp3) is 0.133. The predicted molar refractivity (Wildman–Crippen MR) is 71.5 cm³/mol. The molecule has 3 rings (SSSR count). The Kier molecular flexibility index (Phi) is 2.73. The average molecular weight is 239 g/mol. The summed E-state index contributed by atoms with van der Waals surface area (Å²) in [6.07, 6.45) is 0. The molecule has 0 aliphatic heterocycles. The minimum Gasteiger partial charge on any atom is -0.494 e. The van der Waals surface area contributed by atoms with Crippen molar-refractivity contribution in [1.29, 1.82) is 0 Å². The van der Waals surface area contributed by atoms with Crippen LogP contribution in [-0.4, -0.2) is 11.6 Å². The molecule has 1 aromatic heterocycles. The lowest BCUT2D eigenvalue weighted by Gasteiger charge is -1.99. The Morgan fingerprint density at radius 3 is 2.72 bits per heavy atom. The standard InChI is InChI=1S/C15H14N2O/c1-2-18-12-8-9-13-14(10-12)17-15(16-13)11-6-4-3-5-7-11/h3-10H,2H2,1H3,(H,16,17)/p+1. The monoisotopic (exact) mass is 239 g/mol. The Labute approximate surface area is 105 Å². The van der Waals surface area contributed by atoms with Crippen LogP contribution in [0.3, 0.4) is 0 Å². The number of aromatic nitrogens is 2. The molecule has 0 aliphatic carbocycles. The highest BCUT2D eigenvalue weighted by atomic mass is 16.5. The van der Waals surface area contributed by atoms with E-state index in [9.17, 15) is 0 Å². The SMILES string of the molecule is CCOc1ccc2[nH+]c(-c3ccccc3)[nH]c2c1. The Balaban J connectivity index is 2.06. The highest BCUT2D eigenvalue weighted by Crippen LogP contribution is 2.20. The molecule has 2 aromatic carbocycles. The van der Waals surface area contributed by atoms with Crippen molar-refractivity contribution in [3.63, 3.8) is 0 Å². The Bertz CT molecular complexity index is 659. The average Bonchev–Trinajstić information content (AvgIpc) is 2.83. The quantitative estimate of drug-likeness (QED) is 0.749. The van der Waals surface area contributed by atoms with Crippen molar-refractivity contribution < 1.29 is 9.72 Å². The van der Waals surface area contributed by atoms with Crippen molar-refractivity contribution in [2.75, 3.05) is 6.61 Å². The van der Waals surface area contributed by atoms with E-state index in [0.717, 1.165) is 28.2 Å². The predicted octanol–water partition coefficient (Wildman–Crippen LogP) is 3.05. The van der Waals surface area contributed by atoms with Gasteiger partial charge < -0.3 is 4.74 Å². The van der Waals surface area contributed by atoms with Gasteiger partial charge in [-0.05, 0) is 31.2 Å². The first-order chi connectivity index (χ1) is 8.86. The number of ether oxygens (including phenoxy) is 1. The molecule has 0 spiro atoms. The number of hydrogen-bond acceptors (Lipinski definition) is 1. The lowest BCUT2D eigenvalue weighted by atomic mass is 10.2. The molecule has 1 heterocycles. The number of nitrogens with one attached hydrogen (secondary N) is 2. The van der Waals surface area contributed by atoms with Crippen LogP contribution < -0.4 is 9.72 Å². The molecular weight excluding hydrogens is 224 g/mol. The van der Waals surface area contributed by atoms with E-state index in [-0.39, 0.29) is 0 Å². The zero-order valence-corrected chi connectivity index (χ0v) is 10.2. The van der Waals surface area contributed by atoms with Crippen LogP contribution in [0.15, 0.2) is 48.5 Å². The van der Waals surface area contributed by atoms with E-state index in [4.69, 9.17) is 4.74 Å². The van der Waals surface area contributed by atoms with Crippen molar-refractivity contribution >= 4 is 11.0 Å². The molecule has 0 unspecified atom stereocenters. The van der Waals surface area contributed by atoms with Crippen LogP contribution in [0.4, 0.5) is 0 Å². The largest absolute Gasteiger partial charge is 0.494 e. The van der Waals surface area contributed by atoms with Crippen molar-refractivity contribution in [1.82, 2.24) is 4.98 Å². The van der Waals surface area contributed by atoms with Gasteiger partial charge in [0.2, 0.25) is 0 Å². The van der Waals surface area contributed by atoms with E-state index in [1.54, 1.807) is 0 Å². The van der Waals surface area contributed by atoms with E-state index in [1.165, 1.54) is 0 Å². The molecule has 18 heavy (non-hydrogen) atoms. The van der Waals surface area contributed by atoms with Crippen LogP contribution >= 0.6 is 0 Å². The first-order valence-corrected chi connectivity index (χ1v) is 6.10. The molecule has 0 atom stereocenters. The lowest BCUT2D eigenvalue weighted by molar-refractivity contribution is -0.330. The summed E-state index contributed by atoms with van der Waals surface area (Å²) in [6, 6.07) is 16.2. The highest BCUT2D eigenvalue weighted by Gasteiger charge is 2.12. The first-order valence-electron chi connectivity index (χ1n) is 6.10. The molecule has 0 amide bonds. The Morgan fingerprint density at radius 2 is 1.94 bits per heavy atom. The van der Waals surface area contributed by atoms with Gasteiger partial charge in [-0.2, -0.15) is 0 Å². The Morgan fingerprint density at radius 1 is 1.11 bits per heavy atom. The second-order valence-corrected chi connectivity index (χ2v) is 4.13. The van der Waals surface area contributed by atoms with E-state index >= 15 is 0 Å². The summed E-state index contributed by atoms with van der Waals surface area (Å²) in [7, 11) is 0. The molecule has 90 valence electrons. The summed E-state index contributed by atoms with van der Waals surface area (Å²) in [5.74, 6) is 1.90. The van der Waals surface area contributed by atoms with Crippen LogP contribution in [0, 0.1) is 0 Å². The van der Waals surface area contributed by atoms with Crippen LogP contribution in [0.25, 0.3) is 22.4 Å². The van der Waals surface area contributed by atoms with Crippen molar-refractivity contribution in [3.05, 3.63) is 48.5 Å². The molecule has 3 nitrogen and oxygen atoms in total. The number of imidazole rings is 1. The summed E-state index contributed by atoms with van der Waals surface area (Å²) in [5.41, 5.74) is 3.28. The highest BCUT2D eigenvalue weighted by molar-refractivity contribution is 5.75. The molecule has 0 radical (unpaired) electrons. The molecular formula is C15H15N2O+. The summed E-state index contributed by atoms with van der Waals surface area (Å²) in [5, 5.41) is 0. The van der Waals surface area contributed by atoms with E-state index < -0.39 is 0 Å². The Hall–Kier alpha value is -2.29. The van der Waals surface area contributed by atoms with E-state index in [2.05, 4.69) is 22.1 Å². The summed E-state index contributed by atoms with van der Waals surface area (Å²) in [4.78, 5) is 6.75. The molecule has 0 fully saturated rings. The van der Waals surface area contributed by atoms with E-state index in [1.807, 2.05) is 43.3 Å². The molecule has 0 aliphatic rings. The first kappa shape index (κ1) is 10.8. The number of H-pyrrole nitrogens is 2. The molecule has 0 bridgehead atoms. The third-order valence-electron chi connectivity index (χ3n) is 2.88. The topological polar surface area (TPSA) is 39.2 Å². The van der Waals surface area contributed by atoms with Gasteiger partial charge in [-0.1, -0.05) is 18.2 Å². The fourth-order valence-corrected chi connectivity index (χ4v) is 2.04. The number of aromatic amines is 2. The van der Waals surface area contributed by atoms with Gasteiger partial charge in [0.25, 0.3) is 5.82 Å². The minimum atomic E-state index is 0.682. The van der Waals surface area contributed by atoms with Gasteiger partial charge in [0.05, 0.1) is 12.2 Å².